The van der Waals surface area contributed by atoms with Gasteiger partial charge < -0.3 is 9.64 Å². The second-order valence-electron chi connectivity index (χ2n) is 6.85. The number of amides is 1. The van der Waals surface area contributed by atoms with Crippen LogP contribution in [0.25, 0.3) is 0 Å². The predicted molar refractivity (Wildman–Crippen MR) is 85.6 cm³/mol. The van der Waals surface area contributed by atoms with Gasteiger partial charge in [-0.05, 0) is 36.0 Å². The Hall–Kier alpha value is -2.02. The summed E-state index contributed by atoms with van der Waals surface area (Å²) >= 11 is 0. The Morgan fingerprint density at radius 3 is 2.64 bits per heavy atom. The lowest BCUT2D eigenvalue weighted by Gasteiger charge is -2.29. The standard InChI is InChI=1S/C18H24N2O2/c1-18(2,3)15-5-4-6-16(11-15)22-13-17(21)20-9-7-14(12-19)8-10-20/h4-6,11,14H,7-10,13H2,1-3H3. The molecule has 1 aliphatic heterocycles. The van der Waals surface area contributed by atoms with Crippen molar-refractivity contribution in [3.63, 3.8) is 0 Å². The summed E-state index contributed by atoms with van der Waals surface area (Å²) in [6.07, 6.45) is 1.53. The molecule has 0 atom stereocenters. The van der Waals surface area contributed by atoms with Gasteiger partial charge in [0.25, 0.3) is 5.91 Å². The van der Waals surface area contributed by atoms with E-state index in [1.54, 1.807) is 4.90 Å². The van der Waals surface area contributed by atoms with Crippen molar-refractivity contribution in [3.8, 4) is 11.8 Å². The second-order valence-corrected chi connectivity index (χ2v) is 6.85. The number of piperidine rings is 1. The van der Waals surface area contributed by atoms with Crippen LogP contribution in [0.2, 0.25) is 0 Å². The van der Waals surface area contributed by atoms with Crippen molar-refractivity contribution in [1.82, 2.24) is 4.90 Å². The van der Waals surface area contributed by atoms with Crippen LogP contribution < -0.4 is 4.74 Å². The Labute approximate surface area is 132 Å². The van der Waals surface area contributed by atoms with Crippen LogP contribution in [0, 0.1) is 17.2 Å². The molecule has 0 spiro atoms. The molecule has 0 saturated carbocycles. The highest BCUT2D eigenvalue weighted by molar-refractivity contribution is 5.77. The first-order valence-corrected chi connectivity index (χ1v) is 7.81. The molecule has 0 radical (unpaired) electrons. The molecule has 0 aromatic heterocycles. The summed E-state index contributed by atoms with van der Waals surface area (Å²) in [5.41, 5.74) is 1.25. The van der Waals surface area contributed by atoms with Crippen LogP contribution in [-0.4, -0.2) is 30.5 Å². The fourth-order valence-electron chi connectivity index (χ4n) is 2.55. The summed E-state index contributed by atoms with van der Waals surface area (Å²) in [6.45, 7) is 7.82. The van der Waals surface area contributed by atoms with E-state index in [9.17, 15) is 4.79 Å². The van der Waals surface area contributed by atoms with Crippen LogP contribution >= 0.6 is 0 Å². The molecule has 1 aromatic rings. The third-order valence-corrected chi connectivity index (χ3v) is 4.09. The molecule has 1 fully saturated rings. The Morgan fingerprint density at radius 2 is 2.05 bits per heavy atom. The maximum atomic E-state index is 12.2. The normalized spacial score (nSPS) is 16.2. The molecule has 1 aliphatic rings. The minimum absolute atomic E-state index is 0.00227. The summed E-state index contributed by atoms with van der Waals surface area (Å²) in [7, 11) is 0. The highest BCUT2D eigenvalue weighted by Crippen LogP contribution is 2.25. The van der Waals surface area contributed by atoms with Gasteiger partial charge in [0.05, 0.1) is 6.07 Å². The number of carbonyl (C=O) groups excluding carboxylic acids is 1. The Bertz CT molecular complexity index is 561. The topological polar surface area (TPSA) is 53.3 Å². The first kappa shape index (κ1) is 16.4. The molecule has 0 N–H and O–H groups in total. The molecule has 2 rings (SSSR count). The Balaban J connectivity index is 1.88. The maximum Gasteiger partial charge on any atom is 0.260 e. The van der Waals surface area contributed by atoms with Gasteiger partial charge in [0, 0.05) is 19.0 Å². The number of hydrogen-bond donors (Lipinski definition) is 0. The first-order valence-electron chi connectivity index (χ1n) is 7.81. The minimum Gasteiger partial charge on any atom is -0.484 e. The van der Waals surface area contributed by atoms with Gasteiger partial charge in [-0.3, -0.25) is 4.79 Å². The lowest BCUT2D eigenvalue weighted by atomic mass is 9.87. The van der Waals surface area contributed by atoms with Crippen molar-refractivity contribution >= 4 is 5.91 Å². The summed E-state index contributed by atoms with van der Waals surface area (Å²) in [6, 6.07) is 10.2. The molecule has 0 unspecified atom stereocenters. The SMILES string of the molecule is CC(C)(C)c1cccc(OCC(=O)N2CCC(C#N)CC2)c1. The summed E-state index contributed by atoms with van der Waals surface area (Å²) in [4.78, 5) is 14.0. The first-order chi connectivity index (χ1) is 10.4. The van der Waals surface area contributed by atoms with E-state index in [2.05, 4.69) is 32.9 Å². The largest absolute Gasteiger partial charge is 0.484 e. The lowest BCUT2D eigenvalue weighted by molar-refractivity contribution is -0.134. The molecule has 1 saturated heterocycles. The third-order valence-electron chi connectivity index (χ3n) is 4.09. The average Bonchev–Trinajstić information content (AvgIpc) is 2.52. The zero-order valence-corrected chi connectivity index (χ0v) is 13.6. The van der Waals surface area contributed by atoms with Crippen molar-refractivity contribution in [1.29, 1.82) is 5.26 Å². The average molecular weight is 300 g/mol. The van der Waals surface area contributed by atoms with Crippen molar-refractivity contribution in [3.05, 3.63) is 29.8 Å². The fraction of sp³-hybridized carbons (Fsp3) is 0.556. The zero-order chi connectivity index (χ0) is 16.2. The monoisotopic (exact) mass is 300 g/mol. The lowest BCUT2D eigenvalue weighted by Crippen LogP contribution is -2.40. The molecule has 1 aromatic carbocycles. The molecular weight excluding hydrogens is 276 g/mol. The van der Waals surface area contributed by atoms with Crippen molar-refractivity contribution < 1.29 is 9.53 Å². The molecular formula is C18H24N2O2. The van der Waals surface area contributed by atoms with E-state index in [0.29, 0.717) is 13.1 Å². The van der Waals surface area contributed by atoms with Gasteiger partial charge in [0.1, 0.15) is 5.75 Å². The Kier molecular flexibility index (Phi) is 5.07. The highest BCUT2D eigenvalue weighted by Gasteiger charge is 2.22. The van der Waals surface area contributed by atoms with E-state index in [1.165, 1.54) is 5.56 Å². The minimum atomic E-state index is -0.00227. The quantitative estimate of drug-likeness (QED) is 0.861. The van der Waals surface area contributed by atoms with E-state index >= 15 is 0 Å². The maximum absolute atomic E-state index is 12.2. The molecule has 0 aliphatic carbocycles. The van der Waals surface area contributed by atoms with Gasteiger partial charge in [-0.2, -0.15) is 5.26 Å². The van der Waals surface area contributed by atoms with Crippen LogP contribution in [0.5, 0.6) is 5.75 Å². The van der Waals surface area contributed by atoms with E-state index in [-0.39, 0.29) is 23.8 Å². The molecule has 0 bridgehead atoms. The van der Waals surface area contributed by atoms with Gasteiger partial charge in [-0.25, -0.2) is 0 Å². The van der Waals surface area contributed by atoms with Crippen molar-refractivity contribution in [2.45, 2.75) is 39.0 Å². The number of rotatable bonds is 3. The summed E-state index contributed by atoms with van der Waals surface area (Å²) < 4.78 is 5.65. The van der Waals surface area contributed by atoms with Crippen LogP contribution in [0.3, 0.4) is 0 Å². The van der Waals surface area contributed by atoms with Gasteiger partial charge in [0.15, 0.2) is 6.61 Å². The number of hydrogen-bond acceptors (Lipinski definition) is 3. The van der Waals surface area contributed by atoms with E-state index < -0.39 is 0 Å². The van der Waals surface area contributed by atoms with E-state index in [1.807, 2.05) is 18.2 Å². The van der Waals surface area contributed by atoms with Gasteiger partial charge in [0.2, 0.25) is 0 Å². The van der Waals surface area contributed by atoms with E-state index in [0.717, 1.165) is 18.6 Å². The fourth-order valence-corrected chi connectivity index (χ4v) is 2.55. The van der Waals surface area contributed by atoms with Crippen molar-refractivity contribution in [2.75, 3.05) is 19.7 Å². The number of carbonyl (C=O) groups is 1. The van der Waals surface area contributed by atoms with E-state index in [4.69, 9.17) is 10.00 Å². The number of nitriles is 1. The number of benzene rings is 1. The van der Waals surface area contributed by atoms with Crippen LogP contribution in [0.1, 0.15) is 39.2 Å². The van der Waals surface area contributed by atoms with Crippen molar-refractivity contribution in [2.24, 2.45) is 5.92 Å². The summed E-state index contributed by atoms with van der Waals surface area (Å²) in [5, 5.41) is 8.88. The van der Waals surface area contributed by atoms with Crippen LogP contribution in [0.4, 0.5) is 0 Å². The molecule has 118 valence electrons. The molecule has 1 amide bonds. The number of ether oxygens (including phenoxy) is 1. The molecule has 22 heavy (non-hydrogen) atoms. The predicted octanol–water partition coefficient (Wildman–Crippen LogP) is 3.13. The molecule has 1 heterocycles. The third kappa shape index (κ3) is 4.24. The van der Waals surface area contributed by atoms with Gasteiger partial charge in [-0.1, -0.05) is 32.9 Å². The molecule has 4 heteroatoms. The smallest absolute Gasteiger partial charge is 0.260 e. The Morgan fingerprint density at radius 1 is 1.36 bits per heavy atom. The summed E-state index contributed by atoms with van der Waals surface area (Å²) in [5.74, 6) is 0.818. The van der Waals surface area contributed by atoms with Crippen LogP contribution in [0.15, 0.2) is 24.3 Å². The van der Waals surface area contributed by atoms with Gasteiger partial charge in [-0.15, -0.1) is 0 Å². The zero-order valence-electron chi connectivity index (χ0n) is 13.6. The second kappa shape index (κ2) is 6.83. The van der Waals surface area contributed by atoms with Gasteiger partial charge >= 0.3 is 0 Å². The number of likely N-dealkylation sites (tertiary alicyclic amines) is 1. The van der Waals surface area contributed by atoms with Crippen LogP contribution in [-0.2, 0) is 10.2 Å². The number of nitrogens with zero attached hydrogens (tertiary/aromatic N) is 2. The molecule has 4 nitrogen and oxygen atoms in total. The highest BCUT2D eigenvalue weighted by atomic mass is 16.5.